The molecular formula is C13H18O2S. The minimum Gasteiger partial charge on any atom is -0.286 e. The molecule has 0 bridgehead atoms. The molecule has 0 heterocycles. The molecule has 0 aliphatic heterocycles. The van der Waals surface area contributed by atoms with Crippen LogP contribution in [0.2, 0.25) is 0 Å². The van der Waals surface area contributed by atoms with Crippen molar-refractivity contribution < 1.29 is 8.39 Å². The van der Waals surface area contributed by atoms with Gasteiger partial charge in [-0.15, -0.1) is 0 Å². The van der Waals surface area contributed by atoms with E-state index in [1.54, 1.807) is 0 Å². The Labute approximate surface area is 100.0 Å². The van der Waals surface area contributed by atoms with Gasteiger partial charge in [0.15, 0.2) is 11.1 Å². The average molecular weight is 238 g/mol. The second-order valence-corrected chi connectivity index (χ2v) is 6.37. The molecule has 0 aromatic heterocycles. The van der Waals surface area contributed by atoms with Crippen LogP contribution in [0.3, 0.4) is 0 Å². The Hall–Kier alpha value is -0.930. The Balaban J connectivity index is 2.37. The summed E-state index contributed by atoms with van der Waals surface area (Å²) in [6, 6.07) is 9.96. The Morgan fingerprint density at radius 2 is 1.88 bits per heavy atom. The maximum atomic E-state index is 11.5. The lowest BCUT2D eigenvalue weighted by Crippen LogP contribution is -2.23. The average Bonchev–Trinajstić information content (AvgIpc) is 2.24. The Bertz CT molecular complexity index is 363. The summed E-state index contributed by atoms with van der Waals surface area (Å²) in [6.07, 6.45) is 3.83. The summed E-state index contributed by atoms with van der Waals surface area (Å²) in [7, 11) is 0. The molecule has 0 radical (unpaired) electrons. The third-order valence-corrected chi connectivity index (χ3v) is 3.23. The molecule has 1 aromatic rings. The lowest BCUT2D eigenvalue weighted by molar-refractivity contribution is 0.381. The van der Waals surface area contributed by atoms with Crippen molar-refractivity contribution in [2.45, 2.75) is 25.5 Å². The van der Waals surface area contributed by atoms with E-state index in [1.165, 1.54) is 0 Å². The number of hydrogen-bond acceptors (Lipinski definition) is 2. The van der Waals surface area contributed by atoms with Crippen molar-refractivity contribution in [1.82, 2.24) is 0 Å². The van der Waals surface area contributed by atoms with Gasteiger partial charge >= 0.3 is 0 Å². The molecule has 88 valence electrons. The molecule has 0 N–H and O–H groups in total. The van der Waals surface area contributed by atoms with Gasteiger partial charge in [-0.05, 0) is 26.3 Å². The van der Waals surface area contributed by atoms with E-state index in [9.17, 15) is 4.21 Å². The lowest BCUT2D eigenvalue weighted by Gasteiger charge is -2.15. The summed E-state index contributed by atoms with van der Waals surface area (Å²) in [6.45, 7) is 6.05. The zero-order valence-corrected chi connectivity index (χ0v) is 10.8. The lowest BCUT2D eigenvalue weighted by atomic mass is 10.2. The van der Waals surface area contributed by atoms with Crippen LogP contribution in [0.15, 0.2) is 36.4 Å². The molecule has 0 saturated carbocycles. The van der Waals surface area contributed by atoms with Crippen LogP contribution in [0.1, 0.15) is 26.3 Å². The molecule has 1 unspecified atom stereocenters. The molecular weight excluding hydrogens is 220 g/mol. The van der Waals surface area contributed by atoms with Gasteiger partial charge in [-0.25, -0.2) is 4.21 Å². The van der Waals surface area contributed by atoms with Gasteiger partial charge in [-0.2, -0.15) is 0 Å². The van der Waals surface area contributed by atoms with E-state index in [0.717, 1.165) is 5.56 Å². The highest BCUT2D eigenvalue weighted by Crippen LogP contribution is 2.12. The Morgan fingerprint density at radius 3 is 2.44 bits per heavy atom. The zero-order valence-electron chi connectivity index (χ0n) is 9.97. The number of benzene rings is 1. The quantitative estimate of drug-likeness (QED) is 0.805. The van der Waals surface area contributed by atoms with Gasteiger partial charge in [0.05, 0.1) is 11.4 Å². The third-order valence-electron chi connectivity index (χ3n) is 1.88. The van der Waals surface area contributed by atoms with Gasteiger partial charge in [0.25, 0.3) is 0 Å². The van der Waals surface area contributed by atoms with Crippen molar-refractivity contribution in [3.63, 3.8) is 0 Å². The van der Waals surface area contributed by atoms with Crippen molar-refractivity contribution in [3.8, 4) is 0 Å². The topological polar surface area (TPSA) is 26.3 Å². The Kier molecular flexibility index (Phi) is 4.90. The highest BCUT2D eigenvalue weighted by Gasteiger charge is 2.19. The van der Waals surface area contributed by atoms with E-state index in [-0.39, 0.29) is 4.75 Å². The molecule has 1 rings (SSSR count). The fourth-order valence-electron chi connectivity index (χ4n) is 1.03. The first-order valence-electron chi connectivity index (χ1n) is 5.27. The van der Waals surface area contributed by atoms with Crippen LogP contribution in [0.5, 0.6) is 0 Å². The van der Waals surface area contributed by atoms with Gasteiger partial charge in [-0.3, -0.25) is 4.18 Å². The largest absolute Gasteiger partial charge is 0.286 e. The summed E-state index contributed by atoms with van der Waals surface area (Å²) < 4.78 is 16.4. The SMILES string of the molecule is CC(C)(C)S(=O)OC/C=C/c1ccccc1. The maximum Gasteiger partial charge on any atom is 0.161 e. The van der Waals surface area contributed by atoms with E-state index in [2.05, 4.69) is 0 Å². The minimum atomic E-state index is -1.25. The highest BCUT2D eigenvalue weighted by molar-refractivity contribution is 7.81. The van der Waals surface area contributed by atoms with Crippen LogP contribution >= 0.6 is 0 Å². The smallest absolute Gasteiger partial charge is 0.161 e. The first-order valence-corrected chi connectivity index (χ1v) is 6.34. The van der Waals surface area contributed by atoms with Crippen LogP contribution in [0, 0.1) is 0 Å². The normalized spacial score (nSPS) is 14.2. The second kappa shape index (κ2) is 5.97. The third kappa shape index (κ3) is 4.73. The van der Waals surface area contributed by atoms with E-state index in [0.29, 0.717) is 6.61 Å². The molecule has 0 spiro atoms. The predicted octanol–water partition coefficient (Wildman–Crippen LogP) is 3.18. The molecule has 0 aliphatic rings. The van der Waals surface area contributed by atoms with Crippen LogP contribution in [0.4, 0.5) is 0 Å². The maximum absolute atomic E-state index is 11.5. The van der Waals surface area contributed by atoms with Crippen molar-refractivity contribution in [2.75, 3.05) is 6.61 Å². The van der Waals surface area contributed by atoms with Crippen LogP contribution in [-0.2, 0) is 15.3 Å². The standard InChI is InChI=1S/C13H18O2S/c1-13(2,3)16(14)15-11-7-10-12-8-5-4-6-9-12/h4-10H,11H2,1-3H3/b10-7+. The number of rotatable bonds is 4. The van der Waals surface area contributed by atoms with Crippen LogP contribution in [0.25, 0.3) is 6.08 Å². The molecule has 2 nitrogen and oxygen atoms in total. The zero-order chi connectivity index (χ0) is 12.0. The van der Waals surface area contributed by atoms with Crippen molar-refractivity contribution in [1.29, 1.82) is 0 Å². The monoisotopic (exact) mass is 238 g/mol. The van der Waals surface area contributed by atoms with Crippen LogP contribution < -0.4 is 0 Å². The Morgan fingerprint density at radius 1 is 1.25 bits per heavy atom. The summed E-state index contributed by atoms with van der Waals surface area (Å²) in [5, 5.41) is 0. The molecule has 1 aromatic carbocycles. The molecule has 3 heteroatoms. The minimum absolute atomic E-state index is 0.319. The van der Waals surface area contributed by atoms with Gasteiger partial charge < -0.3 is 0 Å². The molecule has 0 saturated heterocycles. The van der Waals surface area contributed by atoms with Gasteiger partial charge in [0, 0.05) is 0 Å². The van der Waals surface area contributed by atoms with Crippen molar-refractivity contribution in [3.05, 3.63) is 42.0 Å². The highest BCUT2D eigenvalue weighted by atomic mass is 32.2. The van der Waals surface area contributed by atoms with E-state index in [1.807, 2.05) is 63.3 Å². The van der Waals surface area contributed by atoms with E-state index >= 15 is 0 Å². The second-order valence-electron chi connectivity index (χ2n) is 4.44. The molecule has 16 heavy (non-hydrogen) atoms. The summed E-state index contributed by atoms with van der Waals surface area (Å²) in [5.41, 5.74) is 1.12. The number of hydrogen-bond donors (Lipinski definition) is 0. The molecule has 0 aliphatic carbocycles. The van der Waals surface area contributed by atoms with Gasteiger partial charge in [-0.1, -0.05) is 42.5 Å². The van der Waals surface area contributed by atoms with Crippen molar-refractivity contribution >= 4 is 17.2 Å². The molecule has 1 atom stereocenters. The fourth-order valence-corrected chi connectivity index (χ4v) is 1.58. The van der Waals surface area contributed by atoms with Gasteiger partial charge in [0.2, 0.25) is 0 Å². The van der Waals surface area contributed by atoms with Gasteiger partial charge in [0.1, 0.15) is 0 Å². The predicted molar refractivity (Wildman–Crippen MR) is 69.3 cm³/mol. The van der Waals surface area contributed by atoms with Crippen molar-refractivity contribution in [2.24, 2.45) is 0 Å². The molecule has 0 amide bonds. The first kappa shape index (κ1) is 13.1. The molecule has 0 fully saturated rings. The summed E-state index contributed by atoms with van der Waals surface area (Å²) >= 11 is -1.25. The first-order chi connectivity index (χ1) is 7.50. The van der Waals surface area contributed by atoms with E-state index < -0.39 is 11.1 Å². The summed E-state index contributed by atoms with van der Waals surface area (Å²) in [4.78, 5) is 0. The van der Waals surface area contributed by atoms with E-state index in [4.69, 9.17) is 4.18 Å². The summed E-state index contributed by atoms with van der Waals surface area (Å²) in [5.74, 6) is 0. The fraction of sp³-hybridized carbons (Fsp3) is 0.385. The van der Waals surface area contributed by atoms with Crippen LogP contribution in [-0.4, -0.2) is 15.6 Å².